The summed E-state index contributed by atoms with van der Waals surface area (Å²) >= 11 is 0. The Morgan fingerprint density at radius 2 is 1.73 bits per heavy atom. The number of hydrogen-bond acceptors (Lipinski definition) is 5. The van der Waals surface area contributed by atoms with Gasteiger partial charge >= 0.3 is 12.1 Å². The van der Waals surface area contributed by atoms with E-state index >= 15 is 0 Å². The van der Waals surface area contributed by atoms with E-state index in [0.29, 0.717) is 0 Å². The second-order valence-corrected chi connectivity index (χ2v) is 6.75. The zero-order valence-corrected chi connectivity index (χ0v) is 15.4. The lowest BCUT2D eigenvalue weighted by Crippen LogP contribution is -2.52. The van der Waals surface area contributed by atoms with Gasteiger partial charge in [-0.2, -0.15) is 0 Å². The van der Waals surface area contributed by atoms with Crippen LogP contribution < -0.4 is 10.6 Å². The maximum atomic E-state index is 12.1. The lowest BCUT2D eigenvalue weighted by Gasteiger charge is -2.24. The van der Waals surface area contributed by atoms with E-state index in [1.807, 2.05) is 18.2 Å². The molecule has 0 aromatic heterocycles. The van der Waals surface area contributed by atoms with E-state index in [9.17, 15) is 19.5 Å². The number of rotatable bonds is 8. The van der Waals surface area contributed by atoms with Crippen LogP contribution in [0.1, 0.15) is 33.3 Å². The highest BCUT2D eigenvalue weighted by molar-refractivity contribution is 5.88. The number of ether oxygens (including phenoxy) is 2. The third-order valence-electron chi connectivity index (χ3n) is 3.24. The van der Waals surface area contributed by atoms with E-state index < -0.39 is 35.7 Å². The average Bonchev–Trinajstić information content (AvgIpc) is 2.56. The van der Waals surface area contributed by atoms with Crippen molar-refractivity contribution in [3.05, 3.63) is 35.9 Å². The first-order valence-corrected chi connectivity index (χ1v) is 8.23. The Morgan fingerprint density at radius 3 is 2.27 bits per heavy atom. The predicted molar refractivity (Wildman–Crippen MR) is 94.5 cm³/mol. The van der Waals surface area contributed by atoms with Gasteiger partial charge in [0.25, 0.3) is 0 Å². The molecule has 2 atom stereocenters. The third kappa shape index (κ3) is 8.48. The molecule has 1 aromatic rings. The predicted octanol–water partition coefficient (Wildman–Crippen LogP) is 1.69. The molecular formula is C18H26N2O6. The fraction of sp³-hybridized carbons (Fsp3) is 0.500. The lowest BCUT2D eigenvalue weighted by atomic mass is 10.2. The summed E-state index contributed by atoms with van der Waals surface area (Å²) in [5.41, 5.74) is 0.272. The minimum atomic E-state index is -1.22. The minimum Gasteiger partial charge on any atom is -0.480 e. The fourth-order valence-electron chi connectivity index (χ4n) is 1.81. The van der Waals surface area contributed by atoms with Crippen LogP contribution in [0.4, 0.5) is 4.79 Å². The smallest absolute Gasteiger partial charge is 0.408 e. The van der Waals surface area contributed by atoms with Gasteiger partial charge in [-0.1, -0.05) is 30.3 Å². The first kappa shape index (κ1) is 21.4. The van der Waals surface area contributed by atoms with Crippen molar-refractivity contribution in [3.63, 3.8) is 0 Å². The summed E-state index contributed by atoms with van der Waals surface area (Å²) in [5.74, 6) is -1.87. The Hall–Kier alpha value is -2.61. The molecule has 0 spiro atoms. The lowest BCUT2D eigenvalue weighted by molar-refractivity contribution is -0.145. The molecule has 3 N–H and O–H groups in total. The highest BCUT2D eigenvalue weighted by atomic mass is 16.5. The number of carboxylic acid groups (broad SMARTS) is 1. The van der Waals surface area contributed by atoms with Crippen molar-refractivity contribution in [1.82, 2.24) is 10.6 Å². The van der Waals surface area contributed by atoms with Crippen molar-refractivity contribution in [3.8, 4) is 0 Å². The quantitative estimate of drug-likeness (QED) is 0.645. The van der Waals surface area contributed by atoms with Gasteiger partial charge < -0.3 is 25.2 Å². The maximum absolute atomic E-state index is 12.1. The Labute approximate surface area is 152 Å². The summed E-state index contributed by atoms with van der Waals surface area (Å²) in [4.78, 5) is 35.1. The fourth-order valence-corrected chi connectivity index (χ4v) is 1.81. The van der Waals surface area contributed by atoms with Crippen LogP contribution in [-0.2, 0) is 25.7 Å². The molecule has 0 heterocycles. The van der Waals surface area contributed by atoms with Crippen LogP contribution in [-0.4, -0.2) is 47.4 Å². The second kappa shape index (κ2) is 9.76. The molecule has 0 fully saturated rings. The van der Waals surface area contributed by atoms with E-state index in [-0.39, 0.29) is 13.2 Å². The molecular weight excluding hydrogens is 340 g/mol. The van der Waals surface area contributed by atoms with E-state index in [1.165, 1.54) is 6.92 Å². The Bertz CT molecular complexity index is 612. The Morgan fingerprint density at radius 1 is 1.12 bits per heavy atom. The monoisotopic (exact) mass is 366 g/mol. The van der Waals surface area contributed by atoms with Gasteiger partial charge in [-0.15, -0.1) is 0 Å². The van der Waals surface area contributed by atoms with Gasteiger partial charge in [-0.05, 0) is 33.3 Å². The number of carboxylic acids is 1. The van der Waals surface area contributed by atoms with Crippen LogP contribution in [0.5, 0.6) is 0 Å². The number of carbonyl (C=O) groups is 3. The molecule has 0 bridgehead atoms. The van der Waals surface area contributed by atoms with Crippen LogP contribution in [0.25, 0.3) is 0 Å². The molecule has 8 nitrogen and oxygen atoms in total. The molecule has 0 aliphatic carbocycles. The second-order valence-electron chi connectivity index (χ2n) is 6.75. The molecule has 0 saturated carbocycles. The molecule has 2 amide bonds. The van der Waals surface area contributed by atoms with Crippen molar-refractivity contribution >= 4 is 18.0 Å². The van der Waals surface area contributed by atoms with Crippen molar-refractivity contribution in [2.45, 2.75) is 52.0 Å². The van der Waals surface area contributed by atoms with Gasteiger partial charge in [0.2, 0.25) is 5.91 Å². The summed E-state index contributed by atoms with van der Waals surface area (Å²) < 4.78 is 10.4. The highest BCUT2D eigenvalue weighted by Gasteiger charge is 2.26. The van der Waals surface area contributed by atoms with E-state index in [4.69, 9.17) is 9.47 Å². The average molecular weight is 366 g/mol. The summed E-state index contributed by atoms with van der Waals surface area (Å²) in [5, 5.41) is 13.9. The van der Waals surface area contributed by atoms with Gasteiger partial charge in [0.1, 0.15) is 12.6 Å². The number of nitrogens with one attached hydrogen (secondary N) is 2. The van der Waals surface area contributed by atoms with Crippen molar-refractivity contribution in [2.75, 3.05) is 6.61 Å². The molecule has 0 unspecified atom stereocenters. The van der Waals surface area contributed by atoms with Crippen LogP contribution >= 0.6 is 0 Å². The largest absolute Gasteiger partial charge is 0.480 e. The summed E-state index contributed by atoms with van der Waals surface area (Å²) in [7, 11) is 0. The van der Waals surface area contributed by atoms with E-state index in [2.05, 4.69) is 10.6 Å². The Balaban J connectivity index is 2.46. The molecule has 1 aromatic carbocycles. The molecule has 0 aliphatic rings. The number of carbonyl (C=O) groups excluding carboxylic acids is 2. The zero-order valence-electron chi connectivity index (χ0n) is 15.4. The molecule has 0 aliphatic heterocycles. The SMILES string of the molecule is C[C@H](NC(=O)OCc1ccccc1)C(=O)N[C@@H](COC(C)(C)C)C(=O)O. The topological polar surface area (TPSA) is 114 Å². The molecule has 1 rings (SSSR count). The van der Waals surface area contributed by atoms with Gasteiger partial charge in [0.15, 0.2) is 6.04 Å². The molecule has 0 saturated heterocycles. The van der Waals surface area contributed by atoms with Gasteiger partial charge in [-0.25, -0.2) is 9.59 Å². The number of alkyl carbamates (subject to hydrolysis) is 1. The Kier molecular flexibility index (Phi) is 8.05. The van der Waals surface area contributed by atoms with Crippen LogP contribution in [0.3, 0.4) is 0 Å². The first-order valence-electron chi connectivity index (χ1n) is 8.23. The number of benzene rings is 1. The summed E-state index contributed by atoms with van der Waals surface area (Å²) in [6.07, 6.45) is -0.769. The first-order chi connectivity index (χ1) is 12.1. The van der Waals surface area contributed by atoms with Crippen molar-refractivity contribution in [2.24, 2.45) is 0 Å². The minimum absolute atomic E-state index is 0.0676. The molecule has 26 heavy (non-hydrogen) atoms. The van der Waals surface area contributed by atoms with Crippen LogP contribution in [0, 0.1) is 0 Å². The standard InChI is InChI=1S/C18H26N2O6/c1-12(19-17(24)25-10-13-8-6-5-7-9-13)15(21)20-14(16(22)23)11-26-18(2,3)4/h5-9,12,14H,10-11H2,1-4H3,(H,19,24)(H,20,21)(H,22,23)/t12-,14-/m0/s1. The number of hydrogen-bond donors (Lipinski definition) is 3. The maximum Gasteiger partial charge on any atom is 0.408 e. The van der Waals surface area contributed by atoms with E-state index in [0.717, 1.165) is 5.56 Å². The highest BCUT2D eigenvalue weighted by Crippen LogP contribution is 2.07. The third-order valence-corrected chi connectivity index (χ3v) is 3.24. The van der Waals surface area contributed by atoms with Gasteiger partial charge in [-0.3, -0.25) is 4.79 Å². The van der Waals surface area contributed by atoms with Crippen molar-refractivity contribution in [1.29, 1.82) is 0 Å². The molecule has 8 heteroatoms. The van der Waals surface area contributed by atoms with Crippen LogP contribution in [0.2, 0.25) is 0 Å². The van der Waals surface area contributed by atoms with Crippen LogP contribution in [0.15, 0.2) is 30.3 Å². The number of aliphatic carboxylic acids is 1. The molecule has 144 valence electrons. The normalized spacial score (nSPS) is 13.4. The number of amides is 2. The van der Waals surface area contributed by atoms with Crippen molar-refractivity contribution < 1.29 is 29.0 Å². The van der Waals surface area contributed by atoms with E-state index in [1.54, 1.807) is 32.9 Å². The van der Waals surface area contributed by atoms with Gasteiger partial charge in [0, 0.05) is 0 Å². The zero-order chi connectivity index (χ0) is 19.7. The summed E-state index contributed by atoms with van der Waals surface area (Å²) in [6.45, 7) is 6.65. The summed E-state index contributed by atoms with van der Waals surface area (Å²) in [6, 6.07) is 6.90. The van der Waals surface area contributed by atoms with Gasteiger partial charge in [0.05, 0.1) is 12.2 Å². The molecule has 0 radical (unpaired) electrons.